The molecule has 2 aliphatic rings. The van der Waals surface area contributed by atoms with E-state index in [9.17, 15) is 4.79 Å². The second-order valence-electron chi connectivity index (χ2n) is 6.92. The van der Waals surface area contributed by atoms with Crippen molar-refractivity contribution in [1.29, 1.82) is 0 Å². The first-order valence-electron chi connectivity index (χ1n) is 8.88. The molecule has 1 unspecified atom stereocenters. The number of nitrogens with one attached hydrogen (secondary N) is 2. The van der Waals surface area contributed by atoms with Gasteiger partial charge in [-0.1, -0.05) is 6.07 Å². The number of aryl methyl sites for hydroxylation is 1. The van der Waals surface area contributed by atoms with Gasteiger partial charge in [0.2, 0.25) is 0 Å². The summed E-state index contributed by atoms with van der Waals surface area (Å²) in [5.41, 5.74) is 3.01. The lowest BCUT2D eigenvalue weighted by atomic mass is 10.1. The monoisotopic (exact) mass is 324 g/mol. The fourth-order valence-corrected chi connectivity index (χ4v) is 3.61. The molecule has 0 radical (unpaired) electrons. The summed E-state index contributed by atoms with van der Waals surface area (Å²) in [7, 11) is 0. The van der Waals surface area contributed by atoms with E-state index in [-0.39, 0.29) is 11.9 Å². The van der Waals surface area contributed by atoms with E-state index in [0.29, 0.717) is 5.92 Å². The number of likely N-dealkylation sites (tertiary alicyclic amines) is 1. The predicted molar refractivity (Wildman–Crippen MR) is 94.3 cm³/mol. The van der Waals surface area contributed by atoms with Gasteiger partial charge >= 0.3 is 0 Å². The van der Waals surface area contributed by atoms with Crippen LogP contribution in [-0.2, 0) is 0 Å². The van der Waals surface area contributed by atoms with E-state index in [0.717, 1.165) is 48.7 Å². The molecule has 1 atom stereocenters. The number of carbonyl (C=O) groups is 1. The second kappa shape index (κ2) is 6.30. The highest BCUT2D eigenvalue weighted by atomic mass is 16.2. The number of rotatable bonds is 5. The molecule has 1 aliphatic carbocycles. The third-order valence-corrected chi connectivity index (χ3v) is 5.04. The molecule has 2 fully saturated rings. The molecule has 2 N–H and O–H groups in total. The van der Waals surface area contributed by atoms with Gasteiger partial charge in [0, 0.05) is 36.7 Å². The van der Waals surface area contributed by atoms with Crippen molar-refractivity contribution in [1.82, 2.24) is 14.9 Å². The highest BCUT2D eigenvalue weighted by Crippen LogP contribution is 2.41. The lowest BCUT2D eigenvalue weighted by Crippen LogP contribution is -2.39. The van der Waals surface area contributed by atoms with Crippen LogP contribution in [0.5, 0.6) is 0 Å². The van der Waals surface area contributed by atoms with E-state index in [1.54, 1.807) is 0 Å². The van der Waals surface area contributed by atoms with Crippen molar-refractivity contribution in [3.63, 3.8) is 0 Å². The van der Waals surface area contributed by atoms with Crippen LogP contribution in [-0.4, -0.2) is 39.9 Å². The topological polar surface area (TPSA) is 61.0 Å². The molecule has 1 amide bonds. The number of H-pyrrole nitrogens is 1. The maximum Gasteiger partial charge on any atom is 0.255 e. The minimum atomic E-state index is 0.180. The summed E-state index contributed by atoms with van der Waals surface area (Å²) < 4.78 is 0. The number of carbonyl (C=O) groups excluding carboxylic acids is 1. The van der Waals surface area contributed by atoms with Gasteiger partial charge in [-0.2, -0.15) is 0 Å². The Morgan fingerprint density at radius 3 is 3.00 bits per heavy atom. The molecule has 1 aliphatic heterocycles. The number of aromatic nitrogens is 2. The van der Waals surface area contributed by atoms with Crippen molar-refractivity contribution in [3.05, 3.63) is 47.4 Å². The van der Waals surface area contributed by atoms with E-state index in [1.165, 1.54) is 12.8 Å². The first-order valence-corrected chi connectivity index (χ1v) is 8.88. The molecule has 2 aromatic heterocycles. The number of hydrogen-bond donors (Lipinski definition) is 2. The number of nitrogens with zero attached hydrogens (tertiary/aromatic N) is 2. The van der Waals surface area contributed by atoms with Crippen LogP contribution in [0.3, 0.4) is 0 Å². The van der Waals surface area contributed by atoms with Gasteiger partial charge in [-0.15, -0.1) is 0 Å². The third-order valence-electron chi connectivity index (χ3n) is 5.04. The van der Waals surface area contributed by atoms with Gasteiger partial charge in [-0.05, 0) is 56.7 Å². The Morgan fingerprint density at radius 2 is 2.21 bits per heavy atom. The summed E-state index contributed by atoms with van der Waals surface area (Å²) in [6.45, 7) is 3.59. The molecule has 3 heterocycles. The lowest BCUT2D eigenvalue weighted by molar-refractivity contribution is 0.0742. The summed E-state index contributed by atoms with van der Waals surface area (Å²) in [6, 6.07) is 8.15. The maximum absolute atomic E-state index is 13.0. The van der Waals surface area contributed by atoms with Crippen LogP contribution in [0.25, 0.3) is 0 Å². The Hall–Kier alpha value is -2.30. The molecule has 2 aromatic rings. The molecule has 1 saturated carbocycles. The van der Waals surface area contributed by atoms with E-state index in [1.807, 2.05) is 42.3 Å². The highest BCUT2D eigenvalue weighted by Gasteiger charge is 2.34. The van der Waals surface area contributed by atoms with Crippen molar-refractivity contribution in [3.8, 4) is 0 Å². The van der Waals surface area contributed by atoms with E-state index in [4.69, 9.17) is 0 Å². The van der Waals surface area contributed by atoms with Crippen molar-refractivity contribution in [2.45, 2.75) is 44.6 Å². The molecule has 24 heavy (non-hydrogen) atoms. The number of anilines is 1. The first-order chi connectivity index (χ1) is 11.7. The molecule has 0 aromatic carbocycles. The fourth-order valence-electron chi connectivity index (χ4n) is 3.61. The van der Waals surface area contributed by atoms with Crippen LogP contribution in [0.15, 0.2) is 30.5 Å². The predicted octanol–water partition coefficient (Wildman–Crippen LogP) is 3.31. The average molecular weight is 324 g/mol. The first kappa shape index (κ1) is 15.2. The van der Waals surface area contributed by atoms with Gasteiger partial charge < -0.3 is 15.2 Å². The van der Waals surface area contributed by atoms with Gasteiger partial charge in [-0.25, -0.2) is 4.98 Å². The maximum atomic E-state index is 13.0. The highest BCUT2D eigenvalue weighted by molar-refractivity contribution is 5.96. The minimum absolute atomic E-state index is 0.180. The van der Waals surface area contributed by atoms with Gasteiger partial charge in [0.25, 0.3) is 5.91 Å². The molecule has 0 bridgehead atoms. The SMILES string of the molecule is Cc1cccc(NCC2CCCN2C(=O)c2cc[nH]c2C2CC2)n1. The average Bonchev–Trinajstić information content (AvgIpc) is 3.12. The molecular formula is C19H24N4O. The number of pyridine rings is 1. The number of amides is 1. The Kier molecular flexibility index (Phi) is 4.00. The van der Waals surface area contributed by atoms with Gasteiger partial charge in [0.05, 0.1) is 5.56 Å². The molecule has 4 rings (SSSR count). The van der Waals surface area contributed by atoms with Crippen LogP contribution in [0.1, 0.15) is 53.3 Å². The summed E-state index contributed by atoms with van der Waals surface area (Å²) in [5.74, 6) is 1.63. The summed E-state index contributed by atoms with van der Waals surface area (Å²) in [5, 5.41) is 3.39. The zero-order valence-corrected chi connectivity index (χ0v) is 14.1. The zero-order valence-electron chi connectivity index (χ0n) is 14.1. The Bertz CT molecular complexity index is 734. The Balaban J connectivity index is 1.44. The molecule has 5 nitrogen and oxygen atoms in total. The fraction of sp³-hybridized carbons (Fsp3) is 0.474. The Morgan fingerprint density at radius 1 is 1.33 bits per heavy atom. The van der Waals surface area contributed by atoms with E-state index < -0.39 is 0 Å². The van der Waals surface area contributed by atoms with Crippen molar-refractivity contribution in [2.75, 3.05) is 18.4 Å². The third kappa shape index (κ3) is 3.03. The normalized spacial score (nSPS) is 20.4. The van der Waals surface area contributed by atoms with Crippen molar-refractivity contribution >= 4 is 11.7 Å². The molecule has 126 valence electrons. The zero-order chi connectivity index (χ0) is 16.5. The summed E-state index contributed by atoms with van der Waals surface area (Å²) >= 11 is 0. The van der Waals surface area contributed by atoms with Crippen LogP contribution < -0.4 is 5.32 Å². The largest absolute Gasteiger partial charge is 0.368 e. The van der Waals surface area contributed by atoms with Gasteiger partial charge in [0.15, 0.2) is 0 Å². The van der Waals surface area contributed by atoms with Gasteiger partial charge in [-0.3, -0.25) is 4.79 Å². The molecule has 0 spiro atoms. The summed E-state index contributed by atoms with van der Waals surface area (Å²) in [6.07, 6.45) is 6.42. The lowest BCUT2D eigenvalue weighted by Gasteiger charge is -2.25. The number of hydrogen-bond acceptors (Lipinski definition) is 3. The van der Waals surface area contributed by atoms with Crippen LogP contribution in [0.4, 0.5) is 5.82 Å². The molecular weight excluding hydrogens is 300 g/mol. The van der Waals surface area contributed by atoms with Crippen molar-refractivity contribution < 1.29 is 4.79 Å². The smallest absolute Gasteiger partial charge is 0.255 e. The quantitative estimate of drug-likeness (QED) is 0.887. The minimum Gasteiger partial charge on any atom is -0.368 e. The van der Waals surface area contributed by atoms with Crippen LogP contribution >= 0.6 is 0 Å². The van der Waals surface area contributed by atoms with Crippen molar-refractivity contribution in [2.24, 2.45) is 0 Å². The molecule has 1 saturated heterocycles. The Labute approximate surface area is 142 Å². The van der Waals surface area contributed by atoms with E-state index in [2.05, 4.69) is 15.3 Å². The van der Waals surface area contributed by atoms with Crippen LogP contribution in [0.2, 0.25) is 0 Å². The standard InChI is InChI=1S/C19H24N4O/c1-13-4-2-6-17(22-13)21-12-15-5-3-11-23(15)19(24)16-9-10-20-18(16)14-7-8-14/h2,4,6,9-10,14-15,20H,3,5,7-8,11-12H2,1H3,(H,21,22). The van der Waals surface area contributed by atoms with E-state index >= 15 is 0 Å². The second-order valence-corrected chi connectivity index (χ2v) is 6.92. The molecule has 5 heteroatoms. The number of aromatic amines is 1. The summed E-state index contributed by atoms with van der Waals surface area (Å²) in [4.78, 5) is 22.8. The van der Waals surface area contributed by atoms with Crippen LogP contribution in [0, 0.1) is 6.92 Å². The van der Waals surface area contributed by atoms with Gasteiger partial charge in [0.1, 0.15) is 5.82 Å².